The third-order valence-corrected chi connectivity index (χ3v) is 4.61. The standard InChI is InChI=1S/C13H24BrNO/c1-9(2)11-5-13(16)15(7-11)8-12(6-14)10(3)4/h9-12H,5-8H2,1-4H3. The lowest BCUT2D eigenvalue weighted by molar-refractivity contribution is -0.128. The molecule has 1 saturated heterocycles. The van der Waals surface area contributed by atoms with Crippen LogP contribution in [0.2, 0.25) is 0 Å². The van der Waals surface area contributed by atoms with Gasteiger partial charge in [0.05, 0.1) is 0 Å². The fourth-order valence-electron chi connectivity index (χ4n) is 2.15. The molecule has 1 aliphatic heterocycles. The van der Waals surface area contributed by atoms with Crippen LogP contribution in [-0.4, -0.2) is 29.2 Å². The van der Waals surface area contributed by atoms with Gasteiger partial charge in [-0.1, -0.05) is 43.6 Å². The molecule has 0 N–H and O–H groups in total. The van der Waals surface area contributed by atoms with Crippen molar-refractivity contribution in [2.45, 2.75) is 34.1 Å². The number of carbonyl (C=O) groups is 1. The Hall–Kier alpha value is -0.0500. The largest absolute Gasteiger partial charge is 0.342 e. The first-order valence-electron chi connectivity index (χ1n) is 6.29. The van der Waals surface area contributed by atoms with E-state index in [0.29, 0.717) is 29.6 Å². The van der Waals surface area contributed by atoms with Crippen molar-refractivity contribution >= 4 is 21.8 Å². The van der Waals surface area contributed by atoms with E-state index in [1.165, 1.54) is 0 Å². The van der Waals surface area contributed by atoms with Crippen molar-refractivity contribution in [2.75, 3.05) is 18.4 Å². The molecule has 16 heavy (non-hydrogen) atoms. The first-order chi connectivity index (χ1) is 7.45. The highest BCUT2D eigenvalue weighted by atomic mass is 79.9. The van der Waals surface area contributed by atoms with Gasteiger partial charge in [0.15, 0.2) is 0 Å². The molecule has 1 heterocycles. The van der Waals surface area contributed by atoms with E-state index in [1.54, 1.807) is 0 Å². The van der Waals surface area contributed by atoms with Crippen LogP contribution in [0.1, 0.15) is 34.1 Å². The van der Waals surface area contributed by atoms with Crippen LogP contribution in [0.4, 0.5) is 0 Å². The average molecular weight is 290 g/mol. The molecule has 0 radical (unpaired) electrons. The van der Waals surface area contributed by atoms with Gasteiger partial charge in [-0.05, 0) is 23.7 Å². The van der Waals surface area contributed by atoms with Crippen LogP contribution in [-0.2, 0) is 4.79 Å². The van der Waals surface area contributed by atoms with Crippen molar-refractivity contribution in [1.29, 1.82) is 0 Å². The molecule has 1 rings (SSSR count). The van der Waals surface area contributed by atoms with Crippen molar-refractivity contribution < 1.29 is 4.79 Å². The molecular formula is C13H24BrNO. The lowest BCUT2D eigenvalue weighted by Crippen LogP contribution is -2.34. The molecule has 1 aliphatic rings. The maximum absolute atomic E-state index is 11.9. The van der Waals surface area contributed by atoms with Gasteiger partial charge in [-0.3, -0.25) is 4.79 Å². The van der Waals surface area contributed by atoms with E-state index in [0.717, 1.165) is 24.8 Å². The third-order valence-electron chi connectivity index (χ3n) is 3.78. The Kier molecular flexibility index (Phi) is 5.29. The number of amides is 1. The molecular weight excluding hydrogens is 266 g/mol. The predicted octanol–water partition coefficient (Wildman–Crippen LogP) is 3.16. The Morgan fingerprint density at radius 1 is 1.38 bits per heavy atom. The van der Waals surface area contributed by atoms with Crippen LogP contribution < -0.4 is 0 Å². The van der Waals surface area contributed by atoms with Crippen LogP contribution >= 0.6 is 15.9 Å². The summed E-state index contributed by atoms with van der Waals surface area (Å²) in [6.07, 6.45) is 0.755. The molecule has 94 valence electrons. The van der Waals surface area contributed by atoms with E-state index in [4.69, 9.17) is 0 Å². The van der Waals surface area contributed by atoms with Gasteiger partial charge in [0.2, 0.25) is 5.91 Å². The Morgan fingerprint density at radius 2 is 2.00 bits per heavy atom. The highest BCUT2D eigenvalue weighted by Gasteiger charge is 2.32. The minimum absolute atomic E-state index is 0.352. The molecule has 0 aromatic heterocycles. The number of alkyl halides is 1. The van der Waals surface area contributed by atoms with E-state index < -0.39 is 0 Å². The predicted molar refractivity (Wildman–Crippen MR) is 71.6 cm³/mol. The van der Waals surface area contributed by atoms with Crippen LogP contribution in [0.15, 0.2) is 0 Å². The second kappa shape index (κ2) is 6.04. The van der Waals surface area contributed by atoms with Crippen LogP contribution in [0.25, 0.3) is 0 Å². The Morgan fingerprint density at radius 3 is 2.38 bits per heavy atom. The van der Waals surface area contributed by atoms with Crippen LogP contribution in [0.3, 0.4) is 0 Å². The molecule has 0 bridgehead atoms. The first kappa shape index (κ1) is 14.0. The van der Waals surface area contributed by atoms with Gasteiger partial charge in [0.1, 0.15) is 0 Å². The second-order valence-corrected chi connectivity index (χ2v) is 6.31. The average Bonchev–Trinajstić information content (AvgIpc) is 2.56. The number of nitrogens with zero attached hydrogens (tertiary/aromatic N) is 1. The molecule has 1 fully saturated rings. The summed E-state index contributed by atoms with van der Waals surface area (Å²) in [5.41, 5.74) is 0. The molecule has 2 unspecified atom stereocenters. The zero-order valence-corrected chi connectivity index (χ0v) is 12.5. The Labute approximate surface area is 108 Å². The van der Waals surface area contributed by atoms with E-state index in [1.807, 2.05) is 0 Å². The third kappa shape index (κ3) is 3.47. The summed E-state index contributed by atoms with van der Waals surface area (Å²) in [5.74, 6) is 2.75. The van der Waals surface area contributed by atoms with Gasteiger partial charge >= 0.3 is 0 Å². The molecule has 0 aliphatic carbocycles. The quantitative estimate of drug-likeness (QED) is 0.712. The Balaban J connectivity index is 2.52. The van der Waals surface area contributed by atoms with Crippen molar-refractivity contribution in [3.05, 3.63) is 0 Å². The molecule has 1 amide bonds. The zero-order chi connectivity index (χ0) is 12.3. The molecule has 2 nitrogen and oxygen atoms in total. The SMILES string of the molecule is CC(C)C(CBr)CN1CC(C(C)C)CC1=O. The number of rotatable bonds is 5. The van der Waals surface area contributed by atoms with Crippen molar-refractivity contribution in [3.63, 3.8) is 0 Å². The summed E-state index contributed by atoms with van der Waals surface area (Å²) in [6.45, 7) is 10.8. The van der Waals surface area contributed by atoms with E-state index in [-0.39, 0.29) is 0 Å². The van der Waals surface area contributed by atoms with Gasteiger partial charge in [-0.15, -0.1) is 0 Å². The Bertz CT molecular complexity index is 240. The minimum Gasteiger partial charge on any atom is -0.342 e. The molecule has 2 atom stereocenters. The summed E-state index contributed by atoms with van der Waals surface area (Å²) >= 11 is 3.55. The molecule has 0 aromatic rings. The van der Waals surface area contributed by atoms with Gasteiger partial charge in [-0.2, -0.15) is 0 Å². The maximum Gasteiger partial charge on any atom is 0.222 e. The smallest absolute Gasteiger partial charge is 0.222 e. The monoisotopic (exact) mass is 289 g/mol. The molecule has 0 aromatic carbocycles. The minimum atomic E-state index is 0.352. The van der Waals surface area contributed by atoms with E-state index in [9.17, 15) is 4.79 Å². The van der Waals surface area contributed by atoms with Crippen molar-refractivity contribution in [1.82, 2.24) is 4.90 Å². The number of carbonyl (C=O) groups excluding carboxylic acids is 1. The summed E-state index contributed by atoms with van der Waals surface area (Å²) in [5, 5.41) is 0.987. The summed E-state index contributed by atoms with van der Waals surface area (Å²) in [6, 6.07) is 0. The highest BCUT2D eigenvalue weighted by molar-refractivity contribution is 9.09. The van der Waals surface area contributed by atoms with Gasteiger partial charge < -0.3 is 4.90 Å². The lowest BCUT2D eigenvalue weighted by Gasteiger charge is -2.25. The van der Waals surface area contributed by atoms with Gasteiger partial charge in [0, 0.05) is 24.8 Å². The summed E-state index contributed by atoms with van der Waals surface area (Å²) in [4.78, 5) is 13.9. The maximum atomic E-state index is 11.9. The normalized spacial score (nSPS) is 23.6. The van der Waals surface area contributed by atoms with Gasteiger partial charge in [0.25, 0.3) is 0 Å². The lowest BCUT2D eigenvalue weighted by atomic mass is 9.95. The fourth-order valence-corrected chi connectivity index (χ4v) is 3.10. The number of hydrogen-bond acceptors (Lipinski definition) is 1. The van der Waals surface area contributed by atoms with E-state index >= 15 is 0 Å². The molecule has 3 heteroatoms. The van der Waals surface area contributed by atoms with Crippen molar-refractivity contribution in [2.24, 2.45) is 23.7 Å². The topological polar surface area (TPSA) is 20.3 Å². The van der Waals surface area contributed by atoms with E-state index in [2.05, 4.69) is 48.5 Å². The zero-order valence-electron chi connectivity index (χ0n) is 10.9. The van der Waals surface area contributed by atoms with Crippen LogP contribution in [0, 0.1) is 23.7 Å². The summed E-state index contributed by atoms with van der Waals surface area (Å²) < 4.78 is 0. The number of halogens is 1. The van der Waals surface area contributed by atoms with Gasteiger partial charge in [-0.25, -0.2) is 0 Å². The highest BCUT2D eigenvalue weighted by Crippen LogP contribution is 2.27. The number of likely N-dealkylation sites (tertiary alicyclic amines) is 1. The van der Waals surface area contributed by atoms with Crippen LogP contribution in [0.5, 0.6) is 0 Å². The van der Waals surface area contributed by atoms with Crippen molar-refractivity contribution in [3.8, 4) is 0 Å². The fraction of sp³-hybridized carbons (Fsp3) is 0.923. The number of hydrogen-bond donors (Lipinski definition) is 0. The summed E-state index contributed by atoms with van der Waals surface area (Å²) in [7, 11) is 0. The second-order valence-electron chi connectivity index (χ2n) is 5.67. The first-order valence-corrected chi connectivity index (χ1v) is 7.41. The molecule has 0 spiro atoms. The molecule has 0 saturated carbocycles.